The minimum atomic E-state index is -1.01. The van der Waals surface area contributed by atoms with E-state index in [1.165, 1.54) is 0 Å². The van der Waals surface area contributed by atoms with Crippen molar-refractivity contribution >= 4 is 11.8 Å². The quantitative estimate of drug-likeness (QED) is 0.863. The molecule has 0 radical (unpaired) electrons. The number of nitrogens with one attached hydrogen (secondary N) is 1. The number of amides is 2. The number of hydrogen-bond acceptors (Lipinski definition) is 2. The van der Waals surface area contributed by atoms with E-state index in [1.54, 1.807) is 17.9 Å². The van der Waals surface area contributed by atoms with Crippen molar-refractivity contribution in [1.82, 2.24) is 10.2 Å². The first-order chi connectivity index (χ1) is 9.99. The van der Waals surface area contributed by atoms with Crippen LogP contribution in [0.1, 0.15) is 32.3 Å². The van der Waals surface area contributed by atoms with Gasteiger partial charge in [0.15, 0.2) is 0 Å². The molecule has 2 atom stereocenters. The molecule has 4 heteroatoms. The summed E-state index contributed by atoms with van der Waals surface area (Å²) in [7, 11) is 0. The maximum Gasteiger partial charge on any atom is 0.252 e. The zero-order valence-electron chi connectivity index (χ0n) is 12.6. The Labute approximate surface area is 125 Å². The van der Waals surface area contributed by atoms with E-state index in [-0.39, 0.29) is 17.9 Å². The number of carbonyl (C=O) groups is 2. The minimum absolute atomic E-state index is 0.0331. The van der Waals surface area contributed by atoms with E-state index in [0.717, 1.165) is 5.56 Å². The fraction of sp³-hybridized carbons (Fsp3) is 0.412. The van der Waals surface area contributed by atoms with Gasteiger partial charge in [-0.25, -0.2) is 0 Å². The van der Waals surface area contributed by atoms with Crippen LogP contribution in [0.3, 0.4) is 0 Å². The SMILES string of the molecule is C=CCC(C)N1CCC(=O)NC(C)(c2ccccc2)C1=O. The van der Waals surface area contributed by atoms with Gasteiger partial charge in [0, 0.05) is 19.0 Å². The van der Waals surface area contributed by atoms with Gasteiger partial charge in [-0.3, -0.25) is 9.59 Å². The van der Waals surface area contributed by atoms with E-state index in [9.17, 15) is 9.59 Å². The fourth-order valence-corrected chi connectivity index (χ4v) is 2.76. The van der Waals surface area contributed by atoms with Crippen molar-refractivity contribution < 1.29 is 9.59 Å². The Kier molecular flexibility index (Phi) is 4.46. The van der Waals surface area contributed by atoms with Gasteiger partial charge in [0.2, 0.25) is 5.91 Å². The van der Waals surface area contributed by atoms with Crippen molar-refractivity contribution in [3.8, 4) is 0 Å². The van der Waals surface area contributed by atoms with Crippen molar-refractivity contribution in [3.63, 3.8) is 0 Å². The molecular formula is C17H22N2O2. The third-order valence-corrected chi connectivity index (χ3v) is 4.05. The zero-order valence-corrected chi connectivity index (χ0v) is 12.6. The van der Waals surface area contributed by atoms with Gasteiger partial charge in [-0.1, -0.05) is 36.4 Å². The summed E-state index contributed by atoms with van der Waals surface area (Å²) < 4.78 is 0. The summed E-state index contributed by atoms with van der Waals surface area (Å²) >= 11 is 0. The van der Waals surface area contributed by atoms with E-state index < -0.39 is 5.54 Å². The first-order valence-electron chi connectivity index (χ1n) is 7.27. The number of benzene rings is 1. The van der Waals surface area contributed by atoms with Crippen LogP contribution in [0.15, 0.2) is 43.0 Å². The maximum absolute atomic E-state index is 13.0. The largest absolute Gasteiger partial charge is 0.338 e. The predicted octanol–water partition coefficient (Wildman–Crippen LogP) is 2.21. The van der Waals surface area contributed by atoms with Crippen LogP contribution in [-0.4, -0.2) is 29.3 Å². The minimum Gasteiger partial charge on any atom is -0.338 e. The highest BCUT2D eigenvalue weighted by Crippen LogP contribution is 2.27. The van der Waals surface area contributed by atoms with Gasteiger partial charge in [-0.2, -0.15) is 0 Å². The number of nitrogens with zero attached hydrogens (tertiary/aromatic N) is 1. The van der Waals surface area contributed by atoms with Gasteiger partial charge in [-0.05, 0) is 25.8 Å². The van der Waals surface area contributed by atoms with Crippen LogP contribution in [0.25, 0.3) is 0 Å². The fourth-order valence-electron chi connectivity index (χ4n) is 2.76. The van der Waals surface area contributed by atoms with E-state index in [4.69, 9.17) is 0 Å². The van der Waals surface area contributed by atoms with Crippen LogP contribution in [-0.2, 0) is 15.1 Å². The number of carbonyl (C=O) groups excluding carboxylic acids is 2. The lowest BCUT2D eigenvalue weighted by atomic mass is 9.90. The van der Waals surface area contributed by atoms with Crippen molar-refractivity contribution in [3.05, 3.63) is 48.6 Å². The molecular weight excluding hydrogens is 264 g/mol. The van der Waals surface area contributed by atoms with Crippen molar-refractivity contribution in [2.75, 3.05) is 6.54 Å². The van der Waals surface area contributed by atoms with Gasteiger partial charge >= 0.3 is 0 Å². The van der Waals surface area contributed by atoms with E-state index in [2.05, 4.69) is 11.9 Å². The first-order valence-corrected chi connectivity index (χ1v) is 7.27. The monoisotopic (exact) mass is 286 g/mol. The van der Waals surface area contributed by atoms with Gasteiger partial charge in [0.05, 0.1) is 0 Å². The smallest absolute Gasteiger partial charge is 0.252 e. The Hall–Kier alpha value is -2.10. The maximum atomic E-state index is 13.0. The lowest BCUT2D eigenvalue weighted by Gasteiger charge is -2.35. The van der Waals surface area contributed by atoms with Crippen LogP contribution in [0.5, 0.6) is 0 Å². The van der Waals surface area contributed by atoms with Crippen LogP contribution < -0.4 is 5.32 Å². The second-order valence-corrected chi connectivity index (χ2v) is 5.66. The van der Waals surface area contributed by atoms with E-state index in [1.807, 2.05) is 37.3 Å². The van der Waals surface area contributed by atoms with Crippen LogP contribution in [0.4, 0.5) is 0 Å². The Bertz CT molecular complexity index is 541. The summed E-state index contributed by atoms with van der Waals surface area (Å²) in [6.45, 7) is 7.95. The third-order valence-electron chi connectivity index (χ3n) is 4.05. The number of hydrogen-bond donors (Lipinski definition) is 1. The second kappa shape index (κ2) is 6.12. The van der Waals surface area contributed by atoms with Gasteiger partial charge in [0.25, 0.3) is 5.91 Å². The molecule has 1 aliphatic heterocycles. The summed E-state index contributed by atoms with van der Waals surface area (Å²) in [5, 5.41) is 2.89. The summed E-state index contributed by atoms with van der Waals surface area (Å²) in [6.07, 6.45) is 2.85. The van der Waals surface area contributed by atoms with Gasteiger partial charge < -0.3 is 10.2 Å². The van der Waals surface area contributed by atoms with Crippen LogP contribution in [0, 0.1) is 0 Å². The summed E-state index contributed by atoms with van der Waals surface area (Å²) in [5.41, 5.74) is -0.203. The van der Waals surface area contributed by atoms with Gasteiger partial charge in [0.1, 0.15) is 5.54 Å². The summed E-state index contributed by atoms with van der Waals surface area (Å²) in [4.78, 5) is 26.8. The molecule has 2 amide bonds. The van der Waals surface area contributed by atoms with Crippen molar-refractivity contribution in [2.45, 2.75) is 38.3 Å². The molecule has 0 aliphatic carbocycles. The molecule has 0 aromatic heterocycles. The molecule has 0 bridgehead atoms. The zero-order chi connectivity index (χ0) is 15.5. The number of rotatable bonds is 4. The first kappa shape index (κ1) is 15.3. The lowest BCUT2D eigenvalue weighted by Crippen LogP contribution is -2.54. The average molecular weight is 286 g/mol. The molecule has 1 fully saturated rings. The second-order valence-electron chi connectivity index (χ2n) is 5.66. The summed E-state index contributed by atoms with van der Waals surface area (Å²) in [5.74, 6) is -0.156. The van der Waals surface area contributed by atoms with E-state index in [0.29, 0.717) is 19.4 Å². The molecule has 1 heterocycles. The molecule has 2 unspecified atom stereocenters. The average Bonchev–Trinajstić information content (AvgIpc) is 2.58. The highest BCUT2D eigenvalue weighted by Gasteiger charge is 2.43. The van der Waals surface area contributed by atoms with Crippen molar-refractivity contribution in [2.24, 2.45) is 0 Å². The molecule has 1 aromatic rings. The predicted molar refractivity (Wildman–Crippen MR) is 82.5 cm³/mol. The molecule has 1 saturated heterocycles. The third kappa shape index (κ3) is 2.99. The Balaban J connectivity index is 2.40. The molecule has 4 nitrogen and oxygen atoms in total. The van der Waals surface area contributed by atoms with Gasteiger partial charge in [-0.15, -0.1) is 6.58 Å². The van der Waals surface area contributed by atoms with Crippen molar-refractivity contribution in [1.29, 1.82) is 0 Å². The molecule has 21 heavy (non-hydrogen) atoms. The topological polar surface area (TPSA) is 49.4 Å². The highest BCUT2D eigenvalue weighted by atomic mass is 16.2. The summed E-state index contributed by atoms with van der Waals surface area (Å²) in [6, 6.07) is 9.43. The molecule has 2 rings (SSSR count). The lowest BCUT2D eigenvalue weighted by molar-refractivity contribution is -0.140. The Morgan fingerprint density at radius 2 is 2.05 bits per heavy atom. The molecule has 0 saturated carbocycles. The van der Waals surface area contributed by atoms with E-state index >= 15 is 0 Å². The molecule has 0 spiro atoms. The standard InChI is InChI=1S/C17H22N2O2/c1-4-8-13(2)19-12-11-15(20)18-17(3,16(19)21)14-9-6-5-7-10-14/h4-7,9-10,13H,1,8,11-12H2,2-3H3,(H,18,20). The van der Waals surface area contributed by atoms with Crippen LogP contribution >= 0.6 is 0 Å². The Morgan fingerprint density at radius 1 is 1.38 bits per heavy atom. The molecule has 1 N–H and O–H groups in total. The molecule has 112 valence electrons. The Morgan fingerprint density at radius 3 is 2.67 bits per heavy atom. The normalized spacial score (nSPS) is 24.2. The highest BCUT2D eigenvalue weighted by molar-refractivity contribution is 5.94. The molecule has 1 aromatic carbocycles. The molecule has 1 aliphatic rings. The van der Waals surface area contributed by atoms with Crippen LogP contribution in [0.2, 0.25) is 0 Å².